The van der Waals surface area contributed by atoms with Crippen LogP contribution in [0.2, 0.25) is 0 Å². The van der Waals surface area contributed by atoms with E-state index in [0.29, 0.717) is 6.04 Å². The van der Waals surface area contributed by atoms with E-state index in [9.17, 15) is 0 Å². The number of nitrogens with zero attached hydrogens (tertiary/aromatic N) is 2. The first-order valence-electron chi connectivity index (χ1n) is 3.96. The second kappa shape index (κ2) is 3.00. The Kier molecular flexibility index (Phi) is 1.85. The highest BCUT2D eigenvalue weighted by Crippen LogP contribution is 2.18. The Bertz CT molecular complexity index is 203. The van der Waals surface area contributed by atoms with Gasteiger partial charge in [0.1, 0.15) is 0 Å². The van der Waals surface area contributed by atoms with Gasteiger partial charge in [-0.2, -0.15) is 4.98 Å². The van der Waals surface area contributed by atoms with Crippen LogP contribution in [-0.4, -0.2) is 16.7 Å². The highest BCUT2D eigenvalue weighted by molar-refractivity contribution is 4.91. The van der Waals surface area contributed by atoms with Gasteiger partial charge in [-0.1, -0.05) is 11.6 Å². The summed E-state index contributed by atoms with van der Waals surface area (Å²) < 4.78 is 4.67. The van der Waals surface area contributed by atoms with E-state index in [4.69, 9.17) is 0 Å². The SMILES string of the molecule is c1nc(C2CCCCN2)no1. The molecule has 1 fully saturated rings. The van der Waals surface area contributed by atoms with Crippen LogP contribution in [0.3, 0.4) is 0 Å². The Balaban J connectivity index is 2.04. The molecule has 4 nitrogen and oxygen atoms in total. The van der Waals surface area contributed by atoms with Gasteiger partial charge in [0.15, 0.2) is 5.82 Å². The standard InChI is InChI=1S/C7H11N3O/c1-2-4-8-6(3-1)7-9-5-11-10-7/h5-6,8H,1-4H2. The lowest BCUT2D eigenvalue weighted by Crippen LogP contribution is -2.27. The zero-order valence-electron chi connectivity index (χ0n) is 6.29. The van der Waals surface area contributed by atoms with E-state index >= 15 is 0 Å². The third-order valence-electron chi connectivity index (χ3n) is 2.00. The normalized spacial score (nSPS) is 25.3. The number of nitrogens with one attached hydrogen (secondary N) is 1. The third kappa shape index (κ3) is 1.40. The molecule has 1 saturated heterocycles. The summed E-state index contributed by atoms with van der Waals surface area (Å²) in [5, 5.41) is 7.13. The van der Waals surface area contributed by atoms with Gasteiger partial charge in [0.2, 0.25) is 6.39 Å². The molecule has 0 aromatic carbocycles. The molecule has 1 N–H and O–H groups in total. The predicted octanol–water partition coefficient (Wildman–Crippen LogP) is 0.884. The molecule has 2 rings (SSSR count). The van der Waals surface area contributed by atoms with Gasteiger partial charge in [-0.25, -0.2) is 0 Å². The molecule has 0 aliphatic carbocycles. The van der Waals surface area contributed by atoms with Crippen molar-refractivity contribution in [3.8, 4) is 0 Å². The maximum Gasteiger partial charge on any atom is 0.213 e. The molecule has 60 valence electrons. The number of hydrogen-bond acceptors (Lipinski definition) is 4. The van der Waals surface area contributed by atoms with Crippen LogP contribution < -0.4 is 5.32 Å². The summed E-state index contributed by atoms with van der Waals surface area (Å²) in [7, 11) is 0. The largest absolute Gasteiger partial charge is 0.343 e. The van der Waals surface area contributed by atoms with Gasteiger partial charge in [0.05, 0.1) is 6.04 Å². The summed E-state index contributed by atoms with van der Waals surface area (Å²) in [6, 6.07) is 0.322. The van der Waals surface area contributed by atoms with Crippen LogP contribution in [0.15, 0.2) is 10.9 Å². The molecular weight excluding hydrogens is 142 g/mol. The van der Waals surface area contributed by atoms with Gasteiger partial charge in [0, 0.05) is 0 Å². The molecule has 1 aromatic rings. The molecule has 0 saturated carbocycles. The van der Waals surface area contributed by atoms with Crippen molar-refractivity contribution in [2.24, 2.45) is 0 Å². The average molecular weight is 153 g/mol. The number of piperidine rings is 1. The summed E-state index contributed by atoms with van der Waals surface area (Å²) >= 11 is 0. The first-order valence-corrected chi connectivity index (χ1v) is 3.96. The van der Waals surface area contributed by atoms with Crippen molar-refractivity contribution < 1.29 is 4.52 Å². The summed E-state index contributed by atoms with van der Waals surface area (Å²) in [5.74, 6) is 0.796. The van der Waals surface area contributed by atoms with Gasteiger partial charge in [-0.3, -0.25) is 0 Å². The lowest BCUT2D eigenvalue weighted by Gasteiger charge is -2.19. The highest BCUT2D eigenvalue weighted by atomic mass is 16.5. The predicted molar refractivity (Wildman–Crippen MR) is 38.9 cm³/mol. The molecule has 1 unspecified atom stereocenters. The lowest BCUT2D eigenvalue weighted by molar-refractivity contribution is 0.363. The quantitative estimate of drug-likeness (QED) is 0.650. The minimum absolute atomic E-state index is 0.322. The van der Waals surface area contributed by atoms with E-state index in [1.807, 2.05) is 0 Å². The van der Waals surface area contributed by atoms with Gasteiger partial charge in [0.25, 0.3) is 0 Å². The fourth-order valence-electron chi connectivity index (χ4n) is 1.40. The Labute approximate surface area is 65.0 Å². The Morgan fingerprint density at radius 3 is 3.18 bits per heavy atom. The molecule has 1 atom stereocenters. The molecule has 11 heavy (non-hydrogen) atoms. The molecule has 1 aliphatic heterocycles. The average Bonchev–Trinajstić information content (AvgIpc) is 2.58. The monoisotopic (exact) mass is 153 g/mol. The molecule has 1 aromatic heterocycles. The van der Waals surface area contributed by atoms with Gasteiger partial charge < -0.3 is 9.84 Å². The smallest absolute Gasteiger partial charge is 0.213 e. The van der Waals surface area contributed by atoms with Crippen LogP contribution in [-0.2, 0) is 0 Å². The minimum Gasteiger partial charge on any atom is -0.343 e. The minimum atomic E-state index is 0.322. The van der Waals surface area contributed by atoms with Gasteiger partial charge in [-0.15, -0.1) is 0 Å². The third-order valence-corrected chi connectivity index (χ3v) is 2.00. The topological polar surface area (TPSA) is 51.0 Å². The molecule has 0 radical (unpaired) electrons. The van der Waals surface area contributed by atoms with E-state index < -0.39 is 0 Å². The first-order chi connectivity index (χ1) is 5.47. The maximum absolute atomic E-state index is 4.67. The summed E-state index contributed by atoms with van der Waals surface area (Å²) in [5.41, 5.74) is 0. The van der Waals surface area contributed by atoms with Crippen molar-refractivity contribution in [2.45, 2.75) is 25.3 Å². The van der Waals surface area contributed by atoms with E-state index in [1.165, 1.54) is 19.2 Å². The van der Waals surface area contributed by atoms with Crippen LogP contribution in [0.5, 0.6) is 0 Å². The number of hydrogen-bond donors (Lipinski definition) is 1. The van der Waals surface area contributed by atoms with Crippen molar-refractivity contribution >= 4 is 0 Å². The number of aromatic nitrogens is 2. The van der Waals surface area contributed by atoms with Crippen molar-refractivity contribution in [1.29, 1.82) is 0 Å². The van der Waals surface area contributed by atoms with E-state index in [2.05, 4.69) is 20.0 Å². The molecule has 1 aliphatic rings. The van der Waals surface area contributed by atoms with Crippen molar-refractivity contribution in [1.82, 2.24) is 15.5 Å². The van der Waals surface area contributed by atoms with Crippen molar-refractivity contribution in [3.05, 3.63) is 12.2 Å². The Morgan fingerprint density at radius 2 is 2.55 bits per heavy atom. The molecule has 0 spiro atoms. The van der Waals surface area contributed by atoms with E-state index in [0.717, 1.165) is 18.8 Å². The lowest BCUT2D eigenvalue weighted by atomic mass is 10.1. The fraction of sp³-hybridized carbons (Fsp3) is 0.714. The second-order valence-electron chi connectivity index (χ2n) is 2.79. The second-order valence-corrected chi connectivity index (χ2v) is 2.79. The zero-order valence-corrected chi connectivity index (χ0v) is 6.29. The Hall–Kier alpha value is -0.900. The molecule has 0 amide bonds. The fourth-order valence-corrected chi connectivity index (χ4v) is 1.40. The number of rotatable bonds is 1. The maximum atomic E-state index is 4.67. The van der Waals surface area contributed by atoms with Gasteiger partial charge >= 0.3 is 0 Å². The van der Waals surface area contributed by atoms with Crippen LogP contribution >= 0.6 is 0 Å². The van der Waals surface area contributed by atoms with Crippen molar-refractivity contribution in [2.75, 3.05) is 6.54 Å². The zero-order chi connectivity index (χ0) is 7.52. The van der Waals surface area contributed by atoms with E-state index in [-0.39, 0.29) is 0 Å². The summed E-state index contributed by atoms with van der Waals surface area (Å²) in [6.07, 6.45) is 5.02. The van der Waals surface area contributed by atoms with Crippen LogP contribution in [0.4, 0.5) is 0 Å². The summed E-state index contributed by atoms with van der Waals surface area (Å²) in [6.45, 7) is 1.07. The van der Waals surface area contributed by atoms with Crippen LogP contribution in [0.1, 0.15) is 31.1 Å². The van der Waals surface area contributed by atoms with Crippen LogP contribution in [0.25, 0.3) is 0 Å². The molecule has 0 bridgehead atoms. The van der Waals surface area contributed by atoms with E-state index in [1.54, 1.807) is 0 Å². The molecular formula is C7H11N3O. The first kappa shape index (κ1) is 6.79. The summed E-state index contributed by atoms with van der Waals surface area (Å²) in [4.78, 5) is 4.00. The molecule has 2 heterocycles. The Morgan fingerprint density at radius 1 is 1.55 bits per heavy atom. The van der Waals surface area contributed by atoms with Crippen molar-refractivity contribution in [3.63, 3.8) is 0 Å². The molecule has 4 heteroatoms. The van der Waals surface area contributed by atoms with Crippen LogP contribution in [0, 0.1) is 0 Å². The van der Waals surface area contributed by atoms with Gasteiger partial charge in [-0.05, 0) is 19.4 Å². The highest BCUT2D eigenvalue weighted by Gasteiger charge is 2.17.